The van der Waals surface area contributed by atoms with Crippen molar-refractivity contribution < 1.29 is 28.4 Å². The largest absolute Gasteiger partial charge is 0.460 e. The van der Waals surface area contributed by atoms with Crippen LogP contribution in [0.1, 0.15) is 123 Å². The van der Waals surface area contributed by atoms with E-state index in [2.05, 4.69) is 6.92 Å². The third kappa shape index (κ3) is 24.5. The second-order valence-corrected chi connectivity index (χ2v) is 11.9. The van der Waals surface area contributed by atoms with Gasteiger partial charge < -0.3 is 19.1 Å². The second-order valence-electron chi connectivity index (χ2n) is 9.94. The highest BCUT2D eigenvalue weighted by Gasteiger charge is 2.23. The monoisotopic (exact) mass is 492 g/mol. The number of nitrogens with one attached hydrogen (secondary N) is 1. The first-order chi connectivity index (χ1) is 15.8. The lowest BCUT2D eigenvalue weighted by Gasteiger charge is -2.19. The van der Waals surface area contributed by atoms with Crippen LogP contribution < -0.4 is 4.90 Å². The van der Waals surface area contributed by atoms with Gasteiger partial charge in [0.05, 0.1) is 33.4 Å². The lowest BCUT2D eigenvalue weighted by atomic mass is 10.0. The summed E-state index contributed by atoms with van der Waals surface area (Å²) in [5.74, 6) is -0.367. The molecule has 0 bridgehead atoms. The average molecular weight is 493 g/mol. The summed E-state index contributed by atoms with van der Waals surface area (Å²) in [5, 5.41) is 0. The van der Waals surface area contributed by atoms with Crippen LogP contribution in [0, 0.1) is 0 Å². The quantitative estimate of drug-likeness (QED) is 0.0994. The van der Waals surface area contributed by atoms with E-state index < -0.39 is 13.7 Å². The van der Waals surface area contributed by atoms with Gasteiger partial charge >= 0.3 is 13.6 Å². The molecule has 0 aromatic carbocycles. The number of unbranched alkanes of at least 4 members (excludes halogenated alkanes) is 14. The number of hydrogen-bond acceptors (Lipinski definition) is 4. The minimum Gasteiger partial charge on any atom is -0.460 e. The van der Waals surface area contributed by atoms with Gasteiger partial charge in [-0.25, -0.2) is 0 Å². The minimum atomic E-state index is -3.63. The van der Waals surface area contributed by atoms with Gasteiger partial charge in [0.2, 0.25) is 0 Å². The van der Waals surface area contributed by atoms with Crippen molar-refractivity contribution in [3.8, 4) is 0 Å². The molecule has 0 saturated carbocycles. The molecule has 0 radical (unpaired) electrons. The molecule has 0 saturated heterocycles. The summed E-state index contributed by atoms with van der Waals surface area (Å²) in [6.45, 7) is 4.46. The van der Waals surface area contributed by atoms with Crippen molar-refractivity contribution in [3.63, 3.8) is 0 Å². The van der Waals surface area contributed by atoms with E-state index in [1.807, 2.05) is 14.1 Å². The lowest BCUT2D eigenvalue weighted by Crippen LogP contribution is -3.05. The molecule has 0 amide bonds. The topological polar surface area (TPSA) is 77.3 Å². The molecule has 0 heterocycles. The maximum absolute atomic E-state index is 12.2. The fourth-order valence-corrected chi connectivity index (χ4v) is 5.14. The van der Waals surface area contributed by atoms with Crippen LogP contribution >= 0.6 is 7.60 Å². The summed E-state index contributed by atoms with van der Waals surface area (Å²) in [5.41, 5.74) is 0. The molecular weight excluding hydrogens is 437 g/mol. The number of carbonyl (C=O) groups excluding carboxylic acids is 1. The lowest BCUT2D eigenvalue weighted by molar-refractivity contribution is -0.858. The van der Waals surface area contributed by atoms with E-state index in [-0.39, 0.29) is 18.7 Å². The van der Waals surface area contributed by atoms with Crippen molar-refractivity contribution in [1.29, 1.82) is 0 Å². The van der Waals surface area contributed by atoms with Crippen LogP contribution in [0.25, 0.3) is 0 Å². The maximum atomic E-state index is 12.2. The van der Waals surface area contributed by atoms with Crippen LogP contribution in [0.2, 0.25) is 0 Å². The molecule has 2 atom stereocenters. The molecule has 0 spiro atoms. The molecule has 0 aliphatic heterocycles. The highest BCUT2D eigenvalue weighted by molar-refractivity contribution is 7.52. The van der Waals surface area contributed by atoms with Gasteiger partial charge in [0.1, 0.15) is 6.10 Å². The zero-order chi connectivity index (χ0) is 24.8. The van der Waals surface area contributed by atoms with Crippen LogP contribution in [0.5, 0.6) is 0 Å². The number of ether oxygens (including phenoxy) is 1. The van der Waals surface area contributed by atoms with Gasteiger partial charge in [-0.2, -0.15) is 0 Å². The fourth-order valence-electron chi connectivity index (χ4n) is 4.05. The van der Waals surface area contributed by atoms with Crippen molar-refractivity contribution in [3.05, 3.63) is 0 Å². The van der Waals surface area contributed by atoms with Gasteiger partial charge in [-0.1, -0.05) is 96.8 Å². The van der Waals surface area contributed by atoms with Gasteiger partial charge in [0, 0.05) is 13.3 Å². The molecule has 2 N–H and O–H groups in total. The molecule has 0 aromatic rings. The molecule has 0 aliphatic rings. The zero-order valence-corrected chi connectivity index (χ0v) is 23.1. The summed E-state index contributed by atoms with van der Waals surface area (Å²) in [6, 6.07) is 0. The van der Waals surface area contributed by atoms with E-state index in [9.17, 15) is 14.3 Å². The van der Waals surface area contributed by atoms with Crippen LogP contribution in [-0.4, -0.2) is 50.4 Å². The van der Waals surface area contributed by atoms with Gasteiger partial charge in [-0.3, -0.25) is 9.36 Å². The molecule has 2 unspecified atom stereocenters. The summed E-state index contributed by atoms with van der Waals surface area (Å²) >= 11 is 0. The van der Waals surface area contributed by atoms with Gasteiger partial charge in [-0.05, 0) is 12.8 Å². The van der Waals surface area contributed by atoms with Crippen molar-refractivity contribution in [2.45, 2.75) is 129 Å². The minimum absolute atomic E-state index is 0.000777. The Morgan fingerprint density at radius 2 is 1.27 bits per heavy atom. The highest BCUT2D eigenvalue weighted by atomic mass is 31.2. The maximum Gasteiger partial charge on any atom is 0.328 e. The van der Waals surface area contributed by atoms with E-state index in [1.54, 1.807) is 0 Å². The highest BCUT2D eigenvalue weighted by Crippen LogP contribution is 2.42. The van der Waals surface area contributed by atoms with Gasteiger partial charge in [0.25, 0.3) is 0 Å². The second kappa shape index (κ2) is 22.1. The third-order valence-corrected chi connectivity index (χ3v) is 7.48. The van der Waals surface area contributed by atoms with Crippen molar-refractivity contribution >= 4 is 13.6 Å². The Bertz CT molecular complexity index is 501. The van der Waals surface area contributed by atoms with Gasteiger partial charge in [-0.15, -0.1) is 0 Å². The van der Waals surface area contributed by atoms with Crippen LogP contribution in [0.3, 0.4) is 0 Å². The van der Waals surface area contributed by atoms with E-state index in [0.717, 1.165) is 19.4 Å². The molecule has 198 valence electrons. The van der Waals surface area contributed by atoms with E-state index >= 15 is 0 Å². The Hall–Kier alpha value is -0.420. The van der Waals surface area contributed by atoms with Gasteiger partial charge in [0.15, 0.2) is 0 Å². The first-order valence-corrected chi connectivity index (χ1v) is 15.5. The number of esters is 1. The summed E-state index contributed by atoms with van der Waals surface area (Å²) < 4.78 is 22.8. The fraction of sp³-hybridized carbons (Fsp3) is 0.962. The van der Waals surface area contributed by atoms with Crippen LogP contribution in [0.4, 0.5) is 0 Å². The molecule has 33 heavy (non-hydrogen) atoms. The first-order valence-electron chi connectivity index (χ1n) is 13.7. The number of hydrogen-bond donors (Lipinski definition) is 2. The Balaban J connectivity index is 3.75. The van der Waals surface area contributed by atoms with E-state index in [4.69, 9.17) is 9.26 Å². The summed E-state index contributed by atoms with van der Waals surface area (Å²) in [4.78, 5) is 22.6. The predicted octanol–water partition coefficient (Wildman–Crippen LogP) is 5.92. The molecule has 7 heteroatoms. The standard InChI is InChI=1S/C26H54NO5P/c1-5-6-7-8-9-10-11-12-13-14-15-16-17-18-19-21-26(32-25(2)28)24-31-33(29,30)23-20-22-27(3)4/h26H,5-24H2,1-4H3,(H,29,30)/p+1. The van der Waals surface area contributed by atoms with E-state index in [0.29, 0.717) is 12.8 Å². The Morgan fingerprint density at radius 3 is 1.70 bits per heavy atom. The SMILES string of the molecule is CCCCCCCCCCCCCCCCCC(COP(=O)(O)CCC[NH+](C)C)OC(C)=O. The van der Waals surface area contributed by atoms with Crippen molar-refractivity contribution in [2.75, 3.05) is 33.4 Å². The zero-order valence-electron chi connectivity index (χ0n) is 22.2. The van der Waals surface area contributed by atoms with Crippen molar-refractivity contribution in [2.24, 2.45) is 0 Å². The van der Waals surface area contributed by atoms with Crippen LogP contribution in [-0.2, 0) is 18.6 Å². The number of quaternary nitrogens is 1. The Kier molecular flexibility index (Phi) is 21.8. The molecule has 0 fully saturated rings. The number of carbonyl (C=O) groups is 1. The Morgan fingerprint density at radius 1 is 0.818 bits per heavy atom. The molecule has 0 aromatic heterocycles. The molecular formula is C26H55NO5P+. The first kappa shape index (κ1) is 32.6. The van der Waals surface area contributed by atoms with Crippen LogP contribution in [0.15, 0.2) is 0 Å². The normalized spacial score (nSPS) is 14.4. The van der Waals surface area contributed by atoms with Crippen molar-refractivity contribution in [1.82, 2.24) is 0 Å². The third-order valence-electron chi connectivity index (χ3n) is 6.04. The van der Waals surface area contributed by atoms with E-state index in [1.165, 1.54) is 95.3 Å². The molecule has 0 rings (SSSR count). The average Bonchev–Trinajstić information content (AvgIpc) is 2.74. The number of rotatable bonds is 24. The molecule has 6 nitrogen and oxygen atoms in total. The summed E-state index contributed by atoms with van der Waals surface area (Å²) in [6.07, 6.45) is 20.6. The Labute approximate surface area is 204 Å². The molecule has 0 aliphatic carbocycles. The summed E-state index contributed by atoms with van der Waals surface area (Å²) in [7, 11) is 0.397. The predicted molar refractivity (Wildman–Crippen MR) is 138 cm³/mol. The smallest absolute Gasteiger partial charge is 0.328 e.